The van der Waals surface area contributed by atoms with Crippen molar-refractivity contribution in [2.75, 3.05) is 0 Å². The minimum Gasteiger partial charge on any atom is -0.467 e. The Morgan fingerprint density at radius 1 is 1.17 bits per heavy atom. The molecule has 0 unspecified atom stereocenters. The van der Waals surface area contributed by atoms with Gasteiger partial charge in [-0.3, -0.25) is 24.7 Å². The lowest BCUT2D eigenvalue weighted by molar-refractivity contribution is -0.384. The van der Waals surface area contributed by atoms with Crippen LogP contribution in [0.3, 0.4) is 0 Å². The van der Waals surface area contributed by atoms with E-state index in [-0.39, 0.29) is 30.5 Å². The molecule has 2 aromatic carbocycles. The van der Waals surface area contributed by atoms with Crippen molar-refractivity contribution in [1.82, 2.24) is 10.2 Å². The van der Waals surface area contributed by atoms with Gasteiger partial charge in [0.1, 0.15) is 17.6 Å². The first-order chi connectivity index (χ1) is 17.0. The Hall–Kier alpha value is -4.25. The van der Waals surface area contributed by atoms with Crippen molar-refractivity contribution in [2.24, 2.45) is 9.98 Å². The van der Waals surface area contributed by atoms with E-state index < -0.39 is 11.0 Å². The summed E-state index contributed by atoms with van der Waals surface area (Å²) in [6.45, 7) is 0.224. The van der Waals surface area contributed by atoms with Crippen molar-refractivity contribution in [3.63, 3.8) is 0 Å². The van der Waals surface area contributed by atoms with Crippen LogP contribution in [0.15, 0.2) is 81.3 Å². The highest BCUT2D eigenvalue weighted by Gasteiger charge is 2.42. The van der Waals surface area contributed by atoms with Crippen molar-refractivity contribution in [3.8, 4) is 0 Å². The van der Waals surface area contributed by atoms with Crippen molar-refractivity contribution in [1.29, 1.82) is 0 Å². The minimum absolute atomic E-state index is 0.000784. The van der Waals surface area contributed by atoms with Gasteiger partial charge >= 0.3 is 0 Å². The SMILES string of the molecule is O=C(C[C@H]1N=C2c3ccccc3N=C(SCc3cccc([N+](=O)[O-])c3)N2C1=O)NCc1ccco1. The number of carbonyl (C=O) groups is 2. The van der Waals surface area contributed by atoms with Crippen LogP contribution in [-0.2, 0) is 21.9 Å². The molecule has 0 saturated carbocycles. The number of nitrogens with one attached hydrogen (secondary N) is 1. The molecule has 0 bridgehead atoms. The predicted molar refractivity (Wildman–Crippen MR) is 130 cm³/mol. The van der Waals surface area contributed by atoms with Gasteiger partial charge in [0.15, 0.2) is 5.17 Å². The van der Waals surface area contributed by atoms with Gasteiger partial charge in [0.2, 0.25) is 5.91 Å². The normalized spacial score (nSPS) is 16.3. The van der Waals surface area contributed by atoms with E-state index >= 15 is 0 Å². The molecular formula is C24H19N5O5S. The van der Waals surface area contributed by atoms with Gasteiger partial charge in [0.05, 0.1) is 29.8 Å². The number of rotatable bonds is 7. The van der Waals surface area contributed by atoms with Crippen molar-refractivity contribution >= 4 is 46.0 Å². The molecule has 1 aromatic heterocycles. The number of aliphatic imine (C=N–C) groups is 2. The Balaban J connectivity index is 1.35. The number of para-hydroxylation sites is 1. The summed E-state index contributed by atoms with van der Waals surface area (Å²) in [4.78, 5) is 47.1. The molecule has 2 amide bonds. The molecule has 35 heavy (non-hydrogen) atoms. The molecular weight excluding hydrogens is 470 g/mol. The highest BCUT2D eigenvalue weighted by Crippen LogP contribution is 2.35. The van der Waals surface area contributed by atoms with E-state index in [2.05, 4.69) is 15.3 Å². The Morgan fingerprint density at radius 3 is 2.83 bits per heavy atom. The molecule has 0 aliphatic carbocycles. The van der Waals surface area contributed by atoms with Gasteiger partial charge < -0.3 is 9.73 Å². The van der Waals surface area contributed by atoms with Gasteiger partial charge in [-0.2, -0.15) is 0 Å². The number of nitrogens with zero attached hydrogens (tertiary/aromatic N) is 4. The number of hydrogen-bond acceptors (Lipinski definition) is 8. The summed E-state index contributed by atoms with van der Waals surface area (Å²) in [6.07, 6.45) is 1.42. The second-order valence-corrected chi connectivity index (χ2v) is 8.77. The van der Waals surface area contributed by atoms with Crippen molar-refractivity contribution < 1.29 is 18.9 Å². The number of amidine groups is 2. The van der Waals surface area contributed by atoms with Gasteiger partial charge in [-0.15, -0.1) is 0 Å². The summed E-state index contributed by atoms with van der Waals surface area (Å²) in [5.41, 5.74) is 2.10. The van der Waals surface area contributed by atoms with Crippen LogP contribution in [0.2, 0.25) is 0 Å². The van der Waals surface area contributed by atoms with Gasteiger partial charge in [0.25, 0.3) is 11.6 Å². The van der Waals surface area contributed by atoms with Crippen LogP contribution in [0.5, 0.6) is 0 Å². The van der Waals surface area contributed by atoms with E-state index in [0.29, 0.717) is 33.8 Å². The third-order valence-electron chi connectivity index (χ3n) is 5.46. The molecule has 0 saturated heterocycles. The standard InChI is InChI=1S/C24H19N5O5S/c30-21(25-13-17-7-4-10-34-17)12-20-23(31)28-22(26-20)18-8-1-2-9-19(18)27-24(28)35-14-15-5-3-6-16(11-15)29(32)33/h1-11,20H,12-14H2,(H,25,30)/t20-/m1/s1. The number of benzene rings is 2. The Kier molecular flexibility index (Phi) is 6.15. The third-order valence-corrected chi connectivity index (χ3v) is 6.47. The highest BCUT2D eigenvalue weighted by atomic mass is 32.2. The first kappa shape index (κ1) is 22.5. The maximum absolute atomic E-state index is 13.3. The van der Waals surface area contributed by atoms with E-state index in [4.69, 9.17) is 4.42 Å². The molecule has 0 fully saturated rings. The average molecular weight is 490 g/mol. The van der Waals surface area contributed by atoms with Crippen LogP contribution in [0.4, 0.5) is 11.4 Å². The Morgan fingerprint density at radius 2 is 2.03 bits per heavy atom. The summed E-state index contributed by atoms with van der Waals surface area (Å²) in [7, 11) is 0. The molecule has 5 rings (SSSR count). The van der Waals surface area contributed by atoms with Gasteiger partial charge in [-0.05, 0) is 29.8 Å². The number of amides is 2. The van der Waals surface area contributed by atoms with E-state index in [1.165, 1.54) is 35.1 Å². The third kappa shape index (κ3) is 4.71. The number of furan rings is 1. The fourth-order valence-electron chi connectivity index (χ4n) is 3.79. The largest absolute Gasteiger partial charge is 0.467 e. The Labute approximate surface area is 203 Å². The lowest BCUT2D eigenvalue weighted by Crippen LogP contribution is -2.42. The monoisotopic (exact) mass is 489 g/mol. The molecule has 2 aliphatic rings. The van der Waals surface area contributed by atoms with Crippen LogP contribution < -0.4 is 5.32 Å². The maximum Gasteiger partial charge on any atom is 0.269 e. The van der Waals surface area contributed by atoms with Crippen LogP contribution in [-0.4, -0.2) is 38.7 Å². The van der Waals surface area contributed by atoms with E-state index in [1.54, 1.807) is 24.3 Å². The number of carbonyl (C=O) groups excluding carboxylic acids is 2. The first-order valence-electron chi connectivity index (χ1n) is 10.7. The molecule has 0 radical (unpaired) electrons. The zero-order chi connectivity index (χ0) is 24.4. The smallest absolute Gasteiger partial charge is 0.269 e. The van der Waals surface area contributed by atoms with Crippen LogP contribution >= 0.6 is 11.8 Å². The summed E-state index contributed by atoms with van der Waals surface area (Å²) < 4.78 is 5.22. The molecule has 3 aromatic rings. The van der Waals surface area contributed by atoms with E-state index in [0.717, 1.165) is 5.56 Å². The number of non-ortho nitro benzene ring substituents is 1. The van der Waals surface area contributed by atoms with Crippen LogP contribution in [0, 0.1) is 10.1 Å². The molecule has 2 aliphatic heterocycles. The molecule has 11 heteroatoms. The fourth-order valence-corrected chi connectivity index (χ4v) is 4.73. The second kappa shape index (κ2) is 9.55. The van der Waals surface area contributed by atoms with Gasteiger partial charge in [0, 0.05) is 23.4 Å². The van der Waals surface area contributed by atoms with Crippen molar-refractivity contribution in [2.45, 2.75) is 24.8 Å². The second-order valence-electron chi connectivity index (χ2n) is 7.83. The lowest BCUT2D eigenvalue weighted by Gasteiger charge is -2.25. The topological polar surface area (TPSA) is 130 Å². The van der Waals surface area contributed by atoms with Crippen molar-refractivity contribution in [3.05, 3.63) is 93.9 Å². The summed E-state index contributed by atoms with van der Waals surface area (Å²) in [5, 5.41) is 14.3. The molecule has 1 atom stereocenters. The molecule has 10 nitrogen and oxygen atoms in total. The van der Waals surface area contributed by atoms with Gasteiger partial charge in [-0.1, -0.05) is 36.0 Å². The Bertz CT molecular complexity index is 1370. The summed E-state index contributed by atoms with van der Waals surface area (Å²) in [6, 6.07) is 16.3. The highest BCUT2D eigenvalue weighted by molar-refractivity contribution is 8.13. The number of nitro groups is 1. The number of fused-ring (bicyclic) bond motifs is 3. The van der Waals surface area contributed by atoms with Crippen LogP contribution in [0.1, 0.15) is 23.3 Å². The molecule has 0 spiro atoms. The molecule has 3 heterocycles. The van der Waals surface area contributed by atoms with E-state index in [9.17, 15) is 19.7 Å². The summed E-state index contributed by atoms with van der Waals surface area (Å²) >= 11 is 1.28. The molecule has 1 N–H and O–H groups in total. The lowest BCUT2D eigenvalue weighted by atomic mass is 10.1. The number of nitro benzene ring substituents is 1. The quantitative estimate of drug-likeness (QED) is 0.397. The van der Waals surface area contributed by atoms with Crippen LogP contribution in [0.25, 0.3) is 0 Å². The zero-order valence-corrected chi connectivity index (χ0v) is 19.1. The number of thioether (sulfide) groups is 1. The predicted octanol–water partition coefficient (Wildman–Crippen LogP) is 3.79. The fraction of sp³-hybridized carbons (Fsp3) is 0.167. The zero-order valence-electron chi connectivity index (χ0n) is 18.3. The maximum atomic E-state index is 13.3. The minimum atomic E-state index is -0.878. The average Bonchev–Trinajstić information content (AvgIpc) is 3.50. The van der Waals surface area contributed by atoms with Gasteiger partial charge in [-0.25, -0.2) is 9.89 Å². The first-order valence-corrected chi connectivity index (χ1v) is 11.7. The van der Waals surface area contributed by atoms with E-state index in [1.807, 2.05) is 24.3 Å². The molecule has 176 valence electrons. The number of hydrogen-bond donors (Lipinski definition) is 1. The summed E-state index contributed by atoms with van der Waals surface area (Å²) in [5.74, 6) is 0.772.